The molecule has 1 aliphatic heterocycles. The quantitative estimate of drug-likeness (QED) is 0.648. The van der Waals surface area contributed by atoms with E-state index in [1.54, 1.807) is 11.9 Å². The number of carbonyl (C=O) groups is 1. The Bertz CT molecular complexity index is 543. The largest absolute Gasteiger partial charge is 0.478 e. The van der Waals surface area contributed by atoms with Gasteiger partial charge in [0.15, 0.2) is 0 Å². The van der Waals surface area contributed by atoms with Crippen molar-refractivity contribution in [2.45, 2.75) is 12.8 Å². The highest BCUT2D eigenvalue weighted by molar-refractivity contribution is 5.88. The monoisotopic (exact) mass is 295 g/mol. The van der Waals surface area contributed by atoms with Crippen LogP contribution in [0.5, 0.6) is 0 Å². The van der Waals surface area contributed by atoms with Crippen LogP contribution >= 0.6 is 0 Å². The van der Waals surface area contributed by atoms with Crippen molar-refractivity contribution in [3.8, 4) is 0 Å². The molecular weight excluding hydrogens is 278 g/mol. The van der Waals surface area contributed by atoms with Crippen molar-refractivity contribution in [3.63, 3.8) is 0 Å². The maximum Gasteiger partial charge on any atom is 0.337 e. The molecule has 0 saturated carbocycles. The van der Waals surface area contributed by atoms with Gasteiger partial charge in [-0.1, -0.05) is 0 Å². The Morgan fingerprint density at radius 1 is 1.57 bits per heavy atom. The van der Waals surface area contributed by atoms with Gasteiger partial charge in [0.2, 0.25) is 5.82 Å². The minimum atomic E-state index is -1.23. The smallest absolute Gasteiger partial charge is 0.337 e. The van der Waals surface area contributed by atoms with Gasteiger partial charge < -0.3 is 14.7 Å². The zero-order valence-electron chi connectivity index (χ0n) is 11.7. The van der Waals surface area contributed by atoms with Crippen LogP contribution in [0.1, 0.15) is 23.2 Å². The lowest BCUT2D eigenvalue weighted by Crippen LogP contribution is -2.30. The van der Waals surface area contributed by atoms with Gasteiger partial charge in [-0.15, -0.1) is 0 Å². The second kappa shape index (κ2) is 6.49. The van der Waals surface area contributed by atoms with Gasteiger partial charge in [0, 0.05) is 39.1 Å². The van der Waals surface area contributed by atoms with Crippen LogP contribution in [0.25, 0.3) is 0 Å². The molecule has 1 fully saturated rings. The molecule has 0 spiro atoms. The Morgan fingerprint density at radius 2 is 2.24 bits per heavy atom. The highest BCUT2D eigenvalue weighted by atomic mass is 16.6. The van der Waals surface area contributed by atoms with Gasteiger partial charge in [0.1, 0.15) is 0 Å². The van der Waals surface area contributed by atoms with E-state index in [9.17, 15) is 14.9 Å². The van der Waals surface area contributed by atoms with Gasteiger partial charge in [0.05, 0.1) is 10.5 Å². The summed E-state index contributed by atoms with van der Waals surface area (Å²) in [4.78, 5) is 27.1. The summed E-state index contributed by atoms with van der Waals surface area (Å²) in [6.07, 6.45) is 2.96. The van der Waals surface area contributed by atoms with Gasteiger partial charge in [-0.25, -0.2) is 9.78 Å². The molecule has 114 valence electrons. The third-order valence-electron chi connectivity index (χ3n) is 3.53. The number of carboxylic acid groups (broad SMARTS) is 1. The van der Waals surface area contributed by atoms with E-state index in [1.807, 2.05) is 0 Å². The third kappa shape index (κ3) is 3.66. The number of hydrogen-bond donors (Lipinski definition) is 1. The zero-order valence-corrected chi connectivity index (χ0v) is 11.7. The molecule has 0 bridgehead atoms. The molecule has 0 radical (unpaired) electrons. The summed E-state index contributed by atoms with van der Waals surface area (Å²) in [5.41, 5.74) is -0.477. The lowest BCUT2D eigenvalue weighted by atomic mass is 10.00. The topological polar surface area (TPSA) is 106 Å². The lowest BCUT2D eigenvalue weighted by molar-refractivity contribution is -0.384. The lowest BCUT2D eigenvalue weighted by Gasteiger charge is -2.27. The number of carboxylic acids is 1. The average molecular weight is 295 g/mol. The molecule has 1 saturated heterocycles. The zero-order chi connectivity index (χ0) is 15.4. The molecule has 8 nitrogen and oxygen atoms in total. The predicted octanol–water partition coefficient (Wildman–Crippen LogP) is 1.55. The van der Waals surface area contributed by atoms with Gasteiger partial charge in [-0.3, -0.25) is 10.1 Å². The van der Waals surface area contributed by atoms with Crippen LogP contribution in [0.2, 0.25) is 0 Å². The van der Waals surface area contributed by atoms with Crippen LogP contribution in [-0.4, -0.2) is 47.8 Å². The van der Waals surface area contributed by atoms with Crippen molar-refractivity contribution >= 4 is 17.5 Å². The minimum Gasteiger partial charge on any atom is -0.478 e. The molecule has 1 N–H and O–H groups in total. The summed E-state index contributed by atoms with van der Waals surface area (Å²) in [7, 11) is 1.73. The number of aromatic carboxylic acids is 1. The number of anilines is 1. The van der Waals surface area contributed by atoms with Gasteiger partial charge in [-0.05, 0) is 18.8 Å². The molecule has 8 heteroatoms. The number of hydrogen-bond acceptors (Lipinski definition) is 6. The number of rotatable bonds is 5. The van der Waals surface area contributed by atoms with Crippen LogP contribution in [-0.2, 0) is 4.74 Å². The Morgan fingerprint density at radius 3 is 2.81 bits per heavy atom. The van der Waals surface area contributed by atoms with E-state index in [-0.39, 0.29) is 17.1 Å². The summed E-state index contributed by atoms with van der Waals surface area (Å²) in [6, 6.07) is 1.05. The number of nitro groups is 1. The molecule has 21 heavy (non-hydrogen) atoms. The van der Waals surface area contributed by atoms with Crippen LogP contribution in [0.4, 0.5) is 11.5 Å². The molecular formula is C13H17N3O5. The van der Waals surface area contributed by atoms with Gasteiger partial charge >= 0.3 is 11.7 Å². The maximum absolute atomic E-state index is 11.1. The summed E-state index contributed by atoms with van der Waals surface area (Å²) in [5, 5.41) is 20.0. The first-order valence-corrected chi connectivity index (χ1v) is 6.65. The fourth-order valence-corrected chi connectivity index (χ4v) is 2.39. The molecule has 0 atom stereocenters. The standard InChI is InChI=1S/C13H17N3O5/c1-15(8-9-2-4-21-5-3-9)12-11(16(19)20)6-10(7-14-12)13(17)18/h6-7,9H,2-5,8H2,1H3,(H,17,18). The highest BCUT2D eigenvalue weighted by Gasteiger charge is 2.24. The van der Waals surface area contributed by atoms with E-state index in [2.05, 4.69) is 4.98 Å². The number of nitrogens with zero attached hydrogens (tertiary/aromatic N) is 3. The highest BCUT2D eigenvalue weighted by Crippen LogP contribution is 2.27. The summed E-state index contributed by atoms with van der Waals surface area (Å²) >= 11 is 0. The number of ether oxygens (including phenoxy) is 1. The normalized spacial score (nSPS) is 15.7. The Labute approximate surface area is 121 Å². The summed E-state index contributed by atoms with van der Waals surface area (Å²) in [5.74, 6) is -0.648. The first-order chi connectivity index (χ1) is 9.99. The van der Waals surface area contributed by atoms with E-state index in [4.69, 9.17) is 9.84 Å². The second-order valence-electron chi connectivity index (χ2n) is 5.07. The van der Waals surface area contributed by atoms with Gasteiger partial charge in [-0.2, -0.15) is 0 Å². The van der Waals surface area contributed by atoms with Crippen molar-refractivity contribution in [3.05, 3.63) is 27.9 Å². The molecule has 0 aliphatic carbocycles. The molecule has 1 aromatic rings. The van der Waals surface area contributed by atoms with Crippen LogP contribution < -0.4 is 4.90 Å². The van der Waals surface area contributed by atoms with Crippen molar-refractivity contribution in [1.82, 2.24) is 4.98 Å². The molecule has 0 amide bonds. The molecule has 0 unspecified atom stereocenters. The van der Waals surface area contributed by atoms with E-state index < -0.39 is 10.9 Å². The van der Waals surface area contributed by atoms with E-state index in [0.717, 1.165) is 25.1 Å². The van der Waals surface area contributed by atoms with Crippen molar-refractivity contribution in [2.24, 2.45) is 5.92 Å². The molecule has 2 heterocycles. The van der Waals surface area contributed by atoms with E-state index in [0.29, 0.717) is 25.7 Å². The minimum absolute atomic E-state index is 0.190. The van der Waals surface area contributed by atoms with Gasteiger partial charge in [0.25, 0.3) is 0 Å². The van der Waals surface area contributed by atoms with Crippen LogP contribution in [0, 0.1) is 16.0 Å². The molecule has 2 rings (SSSR count). The summed E-state index contributed by atoms with van der Waals surface area (Å²) in [6.45, 7) is 2.03. The fourth-order valence-electron chi connectivity index (χ4n) is 2.39. The van der Waals surface area contributed by atoms with Crippen molar-refractivity contribution in [2.75, 3.05) is 31.7 Å². The first-order valence-electron chi connectivity index (χ1n) is 6.65. The van der Waals surface area contributed by atoms with E-state index in [1.165, 1.54) is 0 Å². The van der Waals surface area contributed by atoms with Crippen molar-refractivity contribution in [1.29, 1.82) is 0 Å². The summed E-state index contributed by atoms with van der Waals surface area (Å²) < 4.78 is 5.28. The Kier molecular flexibility index (Phi) is 4.69. The van der Waals surface area contributed by atoms with Crippen molar-refractivity contribution < 1.29 is 19.6 Å². The molecule has 1 aliphatic rings. The Hall–Kier alpha value is -2.22. The number of pyridine rings is 1. The fraction of sp³-hybridized carbons (Fsp3) is 0.538. The third-order valence-corrected chi connectivity index (χ3v) is 3.53. The molecule has 1 aromatic heterocycles. The predicted molar refractivity (Wildman–Crippen MR) is 74.7 cm³/mol. The van der Waals surface area contributed by atoms with E-state index >= 15 is 0 Å². The van der Waals surface area contributed by atoms with Crippen LogP contribution in [0.3, 0.4) is 0 Å². The van der Waals surface area contributed by atoms with Crippen LogP contribution in [0.15, 0.2) is 12.3 Å². The first kappa shape index (κ1) is 15.2. The molecule has 0 aromatic carbocycles. The SMILES string of the molecule is CN(CC1CCOCC1)c1ncc(C(=O)O)cc1[N+](=O)[O-]. The maximum atomic E-state index is 11.1. The average Bonchev–Trinajstić information content (AvgIpc) is 2.47. The second-order valence-corrected chi connectivity index (χ2v) is 5.07. The Balaban J connectivity index is 2.20. The number of aromatic nitrogens is 1.